The van der Waals surface area contributed by atoms with E-state index in [0.29, 0.717) is 13.1 Å². The van der Waals surface area contributed by atoms with Gasteiger partial charge in [-0.2, -0.15) is 4.98 Å². The van der Waals surface area contributed by atoms with Crippen LogP contribution >= 0.6 is 0 Å². The van der Waals surface area contributed by atoms with Gasteiger partial charge in [0.15, 0.2) is 0 Å². The number of amides is 3. The van der Waals surface area contributed by atoms with E-state index in [1.165, 1.54) is 0 Å². The van der Waals surface area contributed by atoms with Gasteiger partial charge in [-0.1, -0.05) is 25.1 Å². The Morgan fingerprint density at radius 2 is 2.08 bits per heavy atom. The highest BCUT2D eigenvalue weighted by Gasteiger charge is 2.29. The van der Waals surface area contributed by atoms with E-state index in [1.807, 2.05) is 37.3 Å². The van der Waals surface area contributed by atoms with E-state index in [0.717, 1.165) is 30.8 Å². The number of aromatic amines is 1. The molecule has 1 atom stereocenters. The molecular formula is C17H22N6O2. The fraction of sp³-hybridized carbons (Fsp3) is 0.412. The third-order valence-corrected chi connectivity index (χ3v) is 4.21. The maximum atomic E-state index is 12.4. The zero-order valence-corrected chi connectivity index (χ0v) is 14.2. The van der Waals surface area contributed by atoms with Crippen molar-refractivity contribution in [3.63, 3.8) is 0 Å². The van der Waals surface area contributed by atoms with Crippen molar-refractivity contribution in [2.75, 3.05) is 23.7 Å². The number of urea groups is 1. The van der Waals surface area contributed by atoms with Gasteiger partial charge in [-0.05, 0) is 25.0 Å². The first-order valence-corrected chi connectivity index (χ1v) is 8.49. The molecule has 0 aliphatic carbocycles. The minimum Gasteiger partial charge on any atom is -0.324 e. The van der Waals surface area contributed by atoms with E-state index in [4.69, 9.17) is 0 Å². The topological polar surface area (TPSA) is 103 Å². The molecule has 3 N–H and O–H groups in total. The molecule has 1 saturated heterocycles. The van der Waals surface area contributed by atoms with Crippen LogP contribution in [0, 0.1) is 5.92 Å². The van der Waals surface area contributed by atoms with Gasteiger partial charge in [0.1, 0.15) is 5.82 Å². The number of piperidine rings is 1. The molecule has 8 heteroatoms. The summed E-state index contributed by atoms with van der Waals surface area (Å²) in [5, 5.41) is 12.3. The van der Waals surface area contributed by atoms with Crippen LogP contribution in [-0.2, 0) is 11.2 Å². The van der Waals surface area contributed by atoms with Crippen molar-refractivity contribution in [2.45, 2.75) is 26.2 Å². The summed E-state index contributed by atoms with van der Waals surface area (Å²) in [7, 11) is 0. The average Bonchev–Trinajstić information content (AvgIpc) is 3.10. The SMILES string of the molecule is CCc1nc(NC(=O)C2CCCN(C(=O)Nc3ccccc3)C2)n[nH]1. The summed E-state index contributed by atoms with van der Waals surface area (Å²) < 4.78 is 0. The Morgan fingerprint density at radius 3 is 2.80 bits per heavy atom. The molecule has 3 amide bonds. The summed E-state index contributed by atoms with van der Waals surface area (Å²) >= 11 is 0. The van der Waals surface area contributed by atoms with E-state index < -0.39 is 0 Å². The molecule has 0 saturated carbocycles. The third-order valence-electron chi connectivity index (χ3n) is 4.21. The van der Waals surface area contributed by atoms with Crippen LogP contribution in [0.15, 0.2) is 30.3 Å². The number of likely N-dealkylation sites (tertiary alicyclic amines) is 1. The molecule has 1 fully saturated rings. The van der Waals surface area contributed by atoms with Crippen molar-refractivity contribution in [3.05, 3.63) is 36.2 Å². The normalized spacial score (nSPS) is 17.2. The van der Waals surface area contributed by atoms with Gasteiger partial charge in [0.2, 0.25) is 11.9 Å². The number of benzene rings is 1. The number of rotatable bonds is 4. The Bertz CT molecular complexity index is 730. The number of anilines is 2. The number of para-hydroxylation sites is 1. The highest BCUT2D eigenvalue weighted by atomic mass is 16.2. The van der Waals surface area contributed by atoms with E-state index in [9.17, 15) is 9.59 Å². The molecule has 1 aliphatic rings. The molecule has 0 spiro atoms. The van der Waals surface area contributed by atoms with Gasteiger partial charge < -0.3 is 10.2 Å². The minimum atomic E-state index is -0.265. The Hall–Kier alpha value is -2.90. The fourth-order valence-electron chi connectivity index (χ4n) is 2.82. The van der Waals surface area contributed by atoms with E-state index in [2.05, 4.69) is 25.8 Å². The summed E-state index contributed by atoms with van der Waals surface area (Å²) in [6.45, 7) is 2.98. The lowest BCUT2D eigenvalue weighted by Crippen LogP contribution is -2.45. The van der Waals surface area contributed by atoms with Crippen LogP contribution in [0.2, 0.25) is 0 Å². The van der Waals surface area contributed by atoms with E-state index in [-0.39, 0.29) is 23.8 Å². The molecular weight excluding hydrogens is 320 g/mol. The number of nitrogens with zero attached hydrogens (tertiary/aromatic N) is 3. The first-order valence-electron chi connectivity index (χ1n) is 8.49. The van der Waals surface area contributed by atoms with Gasteiger partial charge >= 0.3 is 6.03 Å². The number of hydrogen-bond acceptors (Lipinski definition) is 4. The van der Waals surface area contributed by atoms with Gasteiger partial charge in [-0.3, -0.25) is 15.2 Å². The summed E-state index contributed by atoms with van der Waals surface area (Å²) in [6.07, 6.45) is 2.25. The minimum absolute atomic E-state index is 0.154. The van der Waals surface area contributed by atoms with Gasteiger partial charge in [0.25, 0.3) is 0 Å². The van der Waals surface area contributed by atoms with Crippen molar-refractivity contribution in [2.24, 2.45) is 5.92 Å². The predicted molar refractivity (Wildman–Crippen MR) is 94.1 cm³/mol. The molecule has 8 nitrogen and oxygen atoms in total. The molecule has 2 aromatic rings. The molecule has 3 rings (SSSR count). The van der Waals surface area contributed by atoms with Gasteiger partial charge in [-0.15, -0.1) is 5.10 Å². The van der Waals surface area contributed by atoms with Crippen molar-refractivity contribution >= 4 is 23.6 Å². The highest BCUT2D eigenvalue weighted by Crippen LogP contribution is 2.19. The standard InChI is InChI=1S/C17H22N6O2/c1-2-14-19-16(22-21-14)20-15(24)12-7-6-10-23(11-12)17(25)18-13-8-4-3-5-9-13/h3-5,8-9,12H,2,6-7,10-11H2,1H3,(H,18,25)(H2,19,20,21,22,24). The van der Waals surface area contributed by atoms with Crippen molar-refractivity contribution < 1.29 is 9.59 Å². The number of carbonyl (C=O) groups excluding carboxylic acids is 2. The Kier molecular flexibility index (Phi) is 5.27. The summed E-state index contributed by atoms with van der Waals surface area (Å²) in [5.41, 5.74) is 0.742. The average molecular weight is 342 g/mol. The van der Waals surface area contributed by atoms with Gasteiger partial charge in [0, 0.05) is 25.2 Å². The lowest BCUT2D eigenvalue weighted by Gasteiger charge is -2.31. The largest absolute Gasteiger partial charge is 0.324 e. The van der Waals surface area contributed by atoms with Crippen LogP contribution in [0.4, 0.5) is 16.4 Å². The Labute approximate surface area is 146 Å². The predicted octanol–water partition coefficient (Wildman–Crippen LogP) is 2.25. The van der Waals surface area contributed by atoms with Crippen LogP contribution in [0.3, 0.4) is 0 Å². The van der Waals surface area contributed by atoms with Crippen molar-refractivity contribution in [1.82, 2.24) is 20.1 Å². The Morgan fingerprint density at radius 1 is 1.28 bits per heavy atom. The highest BCUT2D eigenvalue weighted by molar-refractivity contribution is 5.93. The second-order valence-corrected chi connectivity index (χ2v) is 6.03. The van der Waals surface area contributed by atoms with Crippen LogP contribution in [0.5, 0.6) is 0 Å². The van der Waals surface area contributed by atoms with Crippen LogP contribution in [-0.4, -0.2) is 45.1 Å². The maximum Gasteiger partial charge on any atom is 0.321 e. The number of carbonyl (C=O) groups is 2. The molecule has 1 unspecified atom stereocenters. The first-order chi connectivity index (χ1) is 12.2. The maximum absolute atomic E-state index is 12.4. The molecule has 1 aromatic heterocycles. The zero-order chi connectivity index (χ0) is 17.6. The number of aromatic nitrogens is 3. The number of hydrogen-bond donors (Lipinski definition) is 3. The zero-order valence-electron chi connectivity index (χ0n) is 14.2. The summed E-state index contributed by atoms with van der Waals surface area (Å²) in [5.74, 6) is 0.591. The monoisotopic (exact) mass is 342 g/mol. The lowest BCUT2D eigenvalue weighted by atomic mass is 9.97. The molecule has 0 radical (unpaired) electrons. The van der Waals surface area contributed by atoms with Crippen LogP contribution in [0.1, 0.15) is 25.6 Å². The number of aryl methyl sites for hydroxylation is 1. The quantitative estimate of drug-likeness (QED) is 0.793. The third kappa shape index (κ3) is 4.34. The van der Waals surface area contributed by atoms with E-state index in [1.54, 1.807) is 4.90 Å². The summed E-state index contributed by atoms with van der Waals surface area (Å²) in [4.78, 5) is 30.7. The molecule has 2 heterocycles. The van der Waals surface area contributed by atoms with Crippen LogP contribution in [0.25, 0.3) is 0 Å². The second-order valence-electron chi connectivity index (χ2n) is 6.03. The first kappa shape index (κ1) is 16.9. The number of nitrogens with one attached hydrogen (secondary N) is 3. The molecule has 132 valence electrons. The van der Waals surface area contributed by atoms with Gasteiger partial charge in [0.05, 0.1) is 5.92 Å². The number of H-pyrrole nitrogens is 1. The van der Waals surface area contributed by atoms with Crippen molar-refractivity contribution in [3.8, 4) is 0 Å². The second kappa shape index (κ2) is 7.78. The molecule has 25 heavy (non-hydrogen) atoms. The lowest BCUT2D eigenvalue weighted by molar-refractivity contribution is -0.121. The van der Waals surface area contributed by atoms with Crippen molar-refractivity contribution in [1.29, 1.82) is 0 Å². The van der Waals surface area contributed by atoms with E-state index >= 15 is 0 Å². The molecule has 0 bridgehead atoms. The fourth-order valence-corrected chi connectivity index (χ4v) is 2.82. The Balaban J connectivity index is 1.56. The molecule has 1 aromatic carbocycles. The van der Waals surface area contributed by atoms with Crippen LogP contribution < -0.4 is 10.6 Å². The molecule has 1 aliphatic heterocycles. The summed E-state index contributed by atoms with van der Waals surface area (Å²) in [6, 6.07) is 9.10. The smallest absolute Gasteiger partial charge is 0.321 e. The van der Waals surface area contributed by atoms with Gasteiger partial charge in [-0.25, -0.2) is 4.79 Å².